The van der Waals surface area contributed by atoms with E-state index in [1.807, 2.05) is 37.3 Å². The summed E-state index contributed by atoms with van der Waals surface area (Å²) in [5, 5.41) is 16.7. The minimum atomic E-state index is -1.04. The number of allylic oxidation sites excluding steroid dienone is 1. The van der Waals surface area contributed by atoms with E-state index in [1.54, 1.807) is 18.3 Å². The van der Waals surface area contributed by atoms with Crippen molar-refractivity contribution in [2.24, 2.45) is 0 Å². The number of hydrogen-bond acceptors (Lipinski definition) is 2. The van der Waals surface area contributed by atoms with Crippen LogP contribution >= 0.6 is 0 Å². The second-order valence-electron chi connectivity index (χ2n) is 7.27. The van der Waals surface area contributed by atoms with Gasteiger partial charge in [0.25, 0.3) is 0 Å². The molecule has 0 amide bonds. The maximum absolute atomic E-state index is 14.8. The highest BCUT2D eigenvalue weighted by molar-refractivity contribution is 6.00. The van der Waals surface area contributed by atoms with Crippen molar-refractivity contribution in [2.75, 3.05) is 0 Å². The zero-order chi connectivity index (χ0) is 22.7. The quantitative estimate of drug-likeness (QED) is 0.278. The minimum absolute atomic E-state index is 0.0489. The number of carboxylic acid groups (broad SMARTS) is 1. The van der Waals surface area contributed by atoms with E-state index in [2.05, 4.69) is 10.2 Å². The molecule has 4 nitrogen and oxygen atoms in total. The molecule has 160 valence electrons. The summed E-state index contributed by atoms with van der Waals surface area (Å²) in [6.45, 7) is 1.86. The Morgan fingerprint density at radius 1 is 1.03 bits per heavy atom. The maximum atomic E-state index is 14.8. The number of aromatic amines is 1. The summed E-state index contributed by atoms with van der Waals surface area (Å²) in [5.74, 6) is -2.28. The second-order valence-corrected chi connectivity index (χ2v) is 7.27. The van der Waals surface area contributed by atoms with Crippen molar-refractivity contribution in [1.82, 2.24) is 10.2 Å². The summed E-state index contributed by atoms with van der Waals surface area (Å²) >= 11 is 0. The number of nitrogens with zero attached hydrogens (tertiary/aromatic N) is 1. The van der Waals surface area contributed by atoms with E-state index in [0.29, 0.717) is 23.1 Å². The molecule has 3 aromatic carbocycles. The molecule has 0 unspecified atom stereocenters. The molecule has 32 heavy (non-hydrogen) atoms. The lowest BCUT2D eigenvalue weighted by atomic mass is 9.87. The fraction of sp³-hybridized carbons (Fsp3) is 0.0769. The predicted octanol–water partition coefficient (Wildman–Crippen LogP) is 6.31. The number of fused-ring (bicyclic) bond motifs is 1. The van der Waals surface area contributed by atoms with Crippen LogP contribution in [0.15, 0.2) is 72.9 Å². The number of aromatic nitrogens is 2. The van der Waals surface area contributed by atoms with Gasteiger partial charge < -0.3 is 5.11 Å². The van der Waals surface area contributed by atoms with Crippen molar-refractivity contribution in [3.05, 3.63) is 107 Å². The SMILES string of the molecule is CCC(=C(c1ccc(C=CC(=O)O)cc1)c1ccc2[nH]ncc2c1)c1c(F)cccc1F. The first-order chi connectivity index (χ1) is 15.5. The molecule has 0 radical (unpaired) electrons. The van der Waals surface area contributed by atoms with Gasteiger partial charge >= 0.3 is 5.97 Å². The Morgan fingerprint density at radius 3 is 2.38 bits per heavy atom. The second kappa shape index (κ2) is 8.98. The van der Waals surface area contributed by atoms with Crippen LogP contribution in [0.3, 0.4) is 0 Å². The number of halogens is 2. The van der Waals surface area contributed by atoms with Gasteiger partial charge in [-0.25, -0.2) is 13.6 Å². The van der Waals surface area contributed by atoms with E-state index in [-0.39, 0.29) is 5.56 Å². The maximum Gasteiger partial charge on any atom is 0.328 e. The van der Waals surface area contributed by atoms with E-state index < -0.39 is 17.6 Å². The fourth-order valence-corrected chi connectivity index (χ4v) is 3.81. The van der Waals surface area contributed by atoms with Crippen molar-refractivity contribution in [3.8, 4) is 0 Å². The van der Waals surface area contributed by atoms with E-state index in [0.717, 1.165) is 28.1 Å². The van der Waals surface area contributed by atoms with Crippen LogP contribution < -0.4 is 0 Å². The van der Waals surface area contributed by atoms with Gasteiger partial charge in [-0.3, -0.25) is 5.10 Å². The van der Waals surface area contributed by atoms with Gasteiger partial charge in [0.15, 0.2) is 0 Å². The van der Waals surface area contributed by atoms with Crippen LogP contribution in [0.4, 0.5) is 8.78 Å². The topological polar surface area (TPSA) is 66.0 Å². The Bertz CT molecular complexity index is 1330. The van der Waals surface area contributed by atoms with Crippen LogP contribution in [0.25, 0.3) is 28.1 Å². The number of nitrogens with one attached hydrogen (secondary N) is 1. The van der Waals surface area contributed by atoms with Crippen LogP contribution in [-0.2, 0) is 4.79 Å². The highest BCUT2D eigenvalue weighted by Crippen LogP contribution is 2.37. The van der Waals surface area contributed by atoms with Crippen LogP contribution in [-0.4, -0.2) is 21.3 Å². The smallest absolute Gasteiger partial charge is 0.328 e. The first-order valence-electron chi connectivity index (χ1n) is 10.1. The van der Waals surface area contributed by atoms with Crippen LogP contribution in [0.2, 0.25) is 0 Å². The third kappa shape index (κ3) is 4.21. The standard InChI is InChI=1S/C26H20F2N2O2/c1-2-20(26-21(27)4-3-5-22(26)28)25(18-11-12-23-19(14-18)15-29-30-23)17-9-6-16(7-10-17)8-13-24(31)32/h3-15H,2H2,1H3,(H,29,30)(H,31,32). The van der Waals surface area contributed by atoms with E-state index in [1.165, 1.54) is 24.3 Å². The average molecular weight is 430 g/mol. The van der Waals surface area contributed by atoms with Gasteiger partial charge in [0, 0.05) is 17.0 Å². The highest BCUT2D eigenvalue weighted by Gasteiger charge is 2.19. The third-order valence-corrected chi connectivity index (χ3v) is 5.27. The monoisotopic (exact) mass is 430 g/mol. The van der Waals surface area contributed by atoms with Crippen molar-refractivity contribution in [3.63, 3.8) is 0 Å². The van der Waals surface area contributed by atoms with Crippen LogP contribution in [0.5, 0.6) is 0 Å². The molecule has 4 rings (SSSR count). The first kappa shape index (κ1) is 21.2. The molecule has 1 aromatic heterocycles. The molecular formula is C26H20F2N2O2. The lowest BCUT2D eigenvalue weighted by Gasteiger charge is -2.17. The zero-order valence-corrected chi connectivity index (χ0v) is 17.3. The van der Waals surface area contributed by atoms with Crippen molar-refractivity contribution >= 4 is 34.1 Å². The Balaban J connectivity index is 1.96. The number of rotatable bonds is 6. The van der Waals surface area contributed by atoms with Gasteiger partial charge in [0.1, 0.15) is 11.6 Å². The molecule has 0 bridgehead atoms. The van der Waals surface area contributed by atoms with Crippen LogP contribution in [0, 0.1) is 11.6 Å². The predicted molar refractivity (Wildman–Crippen MR) is 122 cm³/mol. The molecule has 0 aliphatic rings. The average Bonchev–Trinajstić information content (AvgIpc) is 3.25. The van der Waals surface area contributed by atoms with Crippen molar-refractivity contribution in [1.29, 1.82) is 0 Å². The summed E-state index contributed by atoms with van der Waals surface area (Å²) in [5.41, 5.74) is 4.32. The highest BCUT2D eigenvalue weighted by atomic mass is 19.1. The molecule has 6 heteroatoms. The molecule has 2 N–H and O–H groups in total. The summed E-state index contributed by atoms with van der Waals surface area (Å²) < 4.78 is 29.5. The molecule has 0 atom stereocenters. The first-order valence-corrected chi connectivity index (χ1v) is 10.1. The van der Waals surface area contributed by atoms with Crippen molar-refractivity contribution in [2.45, 2.75) is 13.3 Å². The summed E-state index contributed by atoms with van der Waals surface area (Å²) in [4.78, 5) is 10.8. The molecule has 4 aromatic rings. The van der Waals surface area contributed by atoms with Gasteiger partial charge in [-0.05, 0) is 64.6 Å². The number of carbonyl (C=O) groups is 1. The van der Waals surface area contributed by atoms with Crippen LogP contribution in [0.1, 0.15) is 35.6 Å². The van der Waals surface area contributed by atoms with Gasteiger partial charge in [-0.1, -0.05) is 43.3 Å². The lowest BCUT2D eigenvalue weighted by Crippen LogP contribution is -2.00. The zero-order valence-electron chi connectivity index (χ0n) is 17.3. The fourth-order valence-electron chi connectivity index (χ4n) is 3.81. The number of hydrogen-bond donors (Lipinski definition) is 2. The minimum Gasteiger partial charge on any atom is -0.478 e. The molecule has 0 aliphatic heterocycles. The molecule has 0 spiro atoms. The van der Waals surface area contributed by atoms with E-state index in [9.17, 15) is 13.6 Å². The lowest BCUT2D eigenvalue weighted by molar-refractivity contribution is -0.131. The van der Waals surface area contributed by atoms with E-state index in [4.69, 9.17) is 5.11 Å². The Hall–Kier alpha value is -4.06. The Kier molecular flexibility index (Phi) is 5.94. The molecule has 1 heterocycles. The normalized spacial score (nSPS) is 12.3. The largest absolute Gasteiger partial charge is 0.478 e. The molecule has 0 saturated carbocycles. The van der Waals surface area contributed by atoms with Crippen molar-refractivity contribution < 1.29 is 18.7 Å². The number of benzene rings is 3. The van der Waals surface area contributed by atoms with Gasteiger partial charge in [0.2, 0.25) is 0 Å². The third-order valence-electron chi connectivity index (χ3n) is 5.27. The summed E-state index contributed by atoms with van der Waals surface area (Å²) in [6, 6.07) is 16.8. The molecule has 0 saturated heterocycles. The number of carboxylic acids is 1. The van der Waals surface area contributed by atoms with Gasteiger partial charge in [-0.2, -0.15) is 5.10 Å². The Labute approximate surface area is 183 Å². The number of H-pyrrole nitrogens is 1. The number of aliphatic carboxylic acids is 1. The molecule has 0 aliphatic carbocycles. The van der Waals surface area contributed by atoms with E-state index >= 15 is 0 Å². The molecule has 0 fully saturated rings. The summed E-state index contributed by atoms with van der Waals surface area (Å²) in [6.07, 6.45) is 4.65. The van der Waals surface area contributed by atoms with Gasteiger partial charge in [-0.15, -0.1) is 0 Å². The van der Waals surface area contributed by atoms with Gasteiger partial charge in [0.05, 0.1) is 11.7 Å². The molecular weight excluding hydrogens is 410 g/mol. The summed E-state index contributed by atoms with van der Waals surface area (Å²) in [7, 11) is 0. The Morgan fingerprint density at radius 2 is 1.72 bits per heavy atom.